The maximum Gasteiger partial charge on any atom is 0.271 e. The quantitative estimate of drug-likeness (QED) is 0.640. The minimum absolute atomic E-state index is 0.232. The van der Waals surface area contributed by atoms with E-state index in [1.807, 2.05) is 6.07 Å². The number of hydrogen-bond acceptors (Lipinski definition) is 3. The molecule has 0 saturated carbocycles. The van der Waals surface area contributed by atoms with Gasteiger partial charge in [0, 0.05) is 0 Å². The monoisotopic (exact) mass is 199 g/mol. The minimum Gasteiger partial charge on any atom is -0.285 e. The van der Waals surface area contributed by atoms with Crippen LogP contribution in [0, 0.1) is 11.3 Å². The molecule has 4 nitrogen and oxygen atoms in total. The van der Waals surface area contributed by atoms with Crippen LogP contribution in [0.5, 0.6) is 0 Å². The van der Waals surface area contributed by atoms with Gasteiger partial charge in [0.1, 0.15) is 5.25 Å². The SMILES string of the molecule is CC1=CCC(S(=O)(=O)O)C=C1C#N. The van der Waals surface area contributed by atoms with Crippen LogP contribution in [-0.4, -0.2) is 18.2 Å². The zero-order valence-electron chi connectivity index (χ0n) is 7.06. The molecule has 1 unspecified atom stereocenters. The molecule has 13 heavy (non-hydrogen) atoms. The van der Waals surface area contributed by atoms with Crippen molar-refractivity contribution in [3.05, 3.63) is 23.3 Å². The molecule has 1 aliphatic rings. The van der Waals surface area contributed by atoms with Crippen LogP contribution >= 0.6 is 0 Å². The summed E-state index contributed by atoms with van der Waals surface area (Å²) in [5.74, 6) is 0. The van der Waals surface area contributed by atoms with Crippen molar-refractivity contribution in [2.75, 3.05) is 0 Å². The number of allylic oxidation sites excluding steroid dienone is 3. The molecule has 1 N–H and O–H groups in total. The highest BCUT2D eigenvalue weighted by Crippen LogP contribution is 2.21. The van der Waals surface area contributed by atoms with E-state index in [2.05, 4.69) is 0 Å². The molecule has 0 heterocycles. The lowest BCUT2D eigenvalue weighted by Gasteiger charge is -2.13. The van der Waals surface area contributed by atoms with Crippen LogP contribution in [0.2, 0.25) is 0 Å². The minimum atomic E-state index is -4.06. The van der Waals surface area contributed by atoms with Crippen LogP contribution in [0.1, 0.15) is 13.3 Å². The van der Waals surface area contributed by atoms with E-state index in [-0.39, 0.29) is 6.42 Å². The Bertz CT molecular complexity index is 411. The molecule has 0 amide bonds. The zero-order chi connectivity index (χ0) is 10.1. The van der Waals surface area contributed by atoms with E-state index < -0.39 is 15.4 Å². The average molecular weight is 199 g/mol. The smallest absolute Gasteiger partial charge is 0.271 e. The van der Waals surface area contributed by atoms with Gasteiger partial charge in [-0.1, -0.05) is 6.08 Å². The summed E-state index contributed by atoms with van der Waals surface area (Å²) < 4.78 is 30.2. The van der Waals surface area contributed by atoms with E-state index >= 15 is 0 Å². The van der Waals surface area contributed by atoms with Crippen molar-refractivity contribution >= 4 is 10.1 Å². The molecule has 0 bridgehead atoms. The maximum atomic E-state index is 10.7. The number of hydrogen-bond donors (Lipinski definition) is 1. The normalized spacial score (nSPS) is 23.0. The van der Waals surface area contributed by atoms with E-state index in [9.17, 15) is 8.42 Å². The van der Waals surface area contributed by atoms with Gasteiger partial charge in [0.05, 0.1) is 11.6 Å². The largest absolute Gasteiger partial charge is 0.285 e. The average Bonchev–Trinajstić information content (AvgIpc) is 2.03. The second-order valence-corrected chi connectivity index (χ2v) is 4.50. The highest BCUT2D eigenvalue weighted by Gasteiger charge is 2.23. The first-order valence-electron chi connectivity index (χ1n) is 3.70. The van der Waals surface area contributed by atoms with E-state index in [0.29, 0.717) is 5.57 Å². The topological polar surface area (TPSA) is 78.2 Å². The van der Waals surface area contributed by atoms with Gasteiger partial charge >= 0.3 is 0 Å². The number of rotatable bonds is 1. The second kappa shape index (κ2) is 3.32. The van der Waals surface area contributed by atoms with Gasteiger partial charge in [-0.05, 0) is 25.0 Å². The van der Waals surface area contributed by atoms with Crippen molar-refractivity contribution in [3.8, 4) is 6.07 Å². The van der Waals surface area contributed by atoms with Crippen molar-refractivity contribution in [2.45, 2.75) is 18.6 Å². The van der Waals surface area contributed by atoms with Crippen molar-refractivity contribution in [3.63, 3.8) is 0 Å². The van der Waals surface area contributed by atoms with Crippen molar-refractivity contribution in [1.29, 1.82) is 5.26 Å². The second-order valence-electron chi connectivity index (χ2n) is 2.87. The molecule has 1 rings (SSSR count). The molecular weight excluding hydrogens is 190 g/mol. The van der Waals surface area contributed by atoms with Crippen LogP contribution in [0.25, 0.3) is 0 Å². The number of nitrogens with zero attached hydrogens (tertiary/aromatic N) is 1. The Balaban J connectivity index is 3.05. The van der Waals surface area contributed by atoms with E-state index in [0.717, 1.165) is 5.57 Å². The summed E-state index contributed by atoms with van der Waals surface area (Å²) in [6.45, 7) is 1.73. The molecule has 0 aromatic rings. The molecule has 0 aliphatic heterocycles. The van der Waals surface area contributed by atoms with Crippen LogP contribution in [0.15, 0.2) is 23.3 Å². The summed E-state index contributed by atoms with van der Waals surface area (Å²) >= 11 is 0. The first kappa shape index (κ1) is 9.96. The highest BCUT2D eigenvalue weighted by atomic mass is 32.2. The lowest BCUT2D eigenvalue weighted by Crippen LogP contribution is -2.20. The molecule has 70 valence electrons. The summed E-state index contributed by atoms with van der Waals surface area (Å²) in [6.07, 6.45) is 3.15. The molecule has 5 heteroatoms. The molecule has 1 atom stereocenters. The van der Waals surface area contributed by atoms with Crippen LogP contribution in [0.3, 0.4) is 0 Å². The van der Waals surface area contributed by atoms with E-state index in [4.69, 9.17) is 9.81 Å². The molecular formula is C8H9NO3S. The fourth-order valence-corrected chi connectivity index (χ4v) is 1.77. The molecule has 0 fully saturated rings. The fraction of sp³-hybridized carbons (Fsp3) is 0.375. The molecule has 0 aromatic heterocycles. The Kier molecular flexibility index (Phi) is 2.55. The summed E-state index contributed by atoms with van der Waals surface area (Å²) in [6, 6.07) is 1.87. The third-order valence-electron chi connectivity index (χ3n) is 1.94. The van der Waals surface area contributed by atoms with Crippen LogP contribution in [-0.2, 0) is 10.1 Å². The molecule has 0 aromatic carbocycles. The summed E-state index contributed by atoms with van der Waals surface area (Å²) in [7, 11) is -4.06. The van der Waals surface area contributed by atoms with Crippen LogP contribution < -0.4 is 0 Å². The fourth-order valence-electron chi connectivity index (χ4n) is 1.12. The Morgan fingerprint density at radius 1 is 1.69 bits per heavy atom. The van der Waals surface area contributed by atoms with Gasteiger partial charge in [-0.15, -0.1) is 0 Å². The lowest BCUT2D eigenvalue weighted by molar-refractivity contribution is 0.474. The third-order valence-corrected chi connectivity index (χ3v) is 3.03. The summed E-state index contributed by atoms with van der Waals surface area (Å²) in [4.78, 5) is 0. The van der Waals surface area contributed by atoms with Crippen molar-refractivity contribution in [1.82, 2.24) is 0 Å². The first-order valence-corrected chi connectivity index (χ1v) is 5.21. The zero-order valence-corrected chi connectivity index (χ0v) is 7.87. The van der Waals surface area contributed by atoms with Crippen LogP contribution in [0.4, 0.5) is 0 Å². The van der Waals surface area contributed by atoms with Gasteiger partial charge in [0.15, 0.2) is 0 Å². The van der Waals surface area contributed by atoms with E-state index in [1.54, 1.807) is 13.0 Å². The van der Waals surface area contributed by atoms with Gasteiger partial charge in [-0.25, -0.2) is 0 Å². The Hall–Kier alpha value is -1.12. The van der Waals surface area contributed by atoms with Gasteiger partial charge in [0.2, 0.25) is 0 Å². The van der Waals surface area contributed by atoms with E-state index in [1.165, 1.54) is 6.08 Å². The Labute approximate surface area is 76.9 Å². The number of nitriles is 1. The van der Waals surface area contributed by atoms with Gasteiger partial charge in [0.25, 0.3) is 10.1 Å². The lowest BCUT2D eigenvalue weighted by atomic mass is 10.0. The predicted molar refractivity (Wildman–Crippen MR) is 47.4 cm³/mol. The summed E-state index contributed by atoms with van der Waals surface area (Å²) in [5, 5.41) is 7.64. The molecule has 0 spiro atoms. The Morgan fingerprint density at radius 3 is 2.77 bits per heavy atom. The standard InChI is InChI=1S/C8H9NO3S/c1-6-2-3-8(13(10,11)12)4-7(6)5-9/h2,4,8H,3H2,1H3,(H,10,11,12). The third kappa shape index (κ3) is 2.17. The predicted octanol–water partition coefficient (Wildman–Crippen LogP) is 1.04. The maximum absolute atomic E-state index is 10.7. The highest BCUT2D eigenvalue weighted by molar-refractivity contribution is 7.86. The molecule has 0 radical (unpaired) electrons. The molecule has 0 saturated heterocycles. The van der Waals surface area contributed by atoms with Gasteiger partial charge in [-0.3, -0.25) is 4.55 Å². The van der Waals surface area contributed by atoms with Gasteiger partial charge < -0.3 is 0 Å². The Morgan fingerprint density at radius 2 is 2.31 bits per heavy atom. The summed E-state index contributed by atoms with van der Waals surface area (Å²) in [5.41, 5.74) is 1.07. The van der Waals surface area contributed by atoms with Crippen molar-refractivity contribution < 1.29 is 13.0 Å². The first-order chi connectivity index (χ1) is 5.95. The van der Waals surface area contributed by atoms with Crippen molar-refractivity contribution in [2.24, 2.45) is 0 Å². The van der Waals surface area contributed by atoms with Gasteiger partial charge in [-0.2, -0.15) is 13.7 Å². The molecule has 1 aliphatic carbocycles.